The van der Waals surface area contributed by atoms with Gasteiger partial charge in [0.1, 0.15) is 5.82 Å². The van der Waals surface area contributed by atoms with Crippen LogP contribution < -0.4 is 5.73 Å². The number of nitrogens with two attached hydrogens (primary N) is 1. The van der Waals surface area contributed by atoms with Crippen LogP contribution in [0.5, 0.6) is 0 Å². The van der Waals surface area contributed by atoms with Crippen molar-refractivity contribution in [3.8, 4) is 11.3 Å². The first-order chi connectivity index (χ1) is 8.22. The highest BCUT2D eigenvalue weighted by Crippen LogP contribution is 2.27. The van der Waals surface area contributed by atoms with E-state index in [0.717, 1.165) is 28.5 Å². The van der Waals surface area contributed by atoms with E-state index in [9.17, 15) is 0 Å². The predicted molar refractivity (Wildman–Crippen MR) is 71.1 cm³/mol. The molecule has 1 aromatic carbocycles. The first-order valence-electron chi connectivity index (χ1n) is 5.72. The molecule has 17 heavy (non-hydrogen) atoms. The number of benzene rings is 1. The van der Waals surface area contributed by atoms with Crippen LogP contribution >= 0.6 is 11.6 Å². The Hall–Kier alpha value is -1.32. The van der Waals surface area contributed by atoms with Crippen LogP contribution in [0, 0.1) is 0 Å². The minimum absolute atomic E-state index is 0.344. The van der Waals surface area contributed by atoms with E-state index in [1.165, 1.54) is 0 Å². The molecule has 1 unspecified atom stereocenters. The quantitative estimate of drug-likeness (QED) is 0.874. The van der Waals surface area contributed by atoms with Crippen LogP contribution in [0.4, 0.5) is 0 Å². The molecule has 0 fully saturated rings. The van der Waals surface area contributed by atoms with E-state index in [2.05, 4.69) is 16.9 Å². The summed E-state index contributed by atoms with van der Waals surface area (Å²) in [5, 5.41) is 0.731. The summed E-state index contributed by atoms with van der Waals surface area (Å²) >= 11 is 6.14. The fraction of sp³-hybridized carbons (Fsp3) is 0.308. The largest absolute Gasteiger partial charge is 0.342 e. The summed E-state index contributed by atoms with van der Waals surface area (Å²) in [5.74, 6) is 1.31. The summed E-state index contributed by atoms with van der Waals surface area (Å²) in [4.78, 5) is 7.69. The van der Waals surface area contributed by atoms with Gasteiger partial charge in [-0.3, -0.25) is 0 Å². The van der Waals surface area contributed by atoms with Crippen molar-refractivity contribution in [3.05, 3.63) is 41.3 Å². The number of aromatic nitrogens is 2. The molecular weight excluding hydrogens is 234 g/mol. The number of rotatable bonds is 4. The van der Waals surface area contributed by atoms with Gasteiger partial charge in [0.15, 0.2) is 0 Å². The van der Waals surface area contributed by atoms with E-state index >= 15 is 0 Å². The van der Waals surface area contributed by atoms with E-state index < -0.39 is 0 Å². The first-order valence-corrected chi connectivity index (χ1v) is 6.10. The Morgan fingerprint density at radius 2 is 2.18 bits per heavy atom. The minimum atomic E-state index is 0.344. The van der Waals surface area contributed by atoms with E-state index in [-0.39, 0.29) is 0 Å². The molecule has 4 heteroatoms. The SMILES string of the molecule is CC(CCN)c1ncc(-c2ccccc2Cl)[nH]1. The van der Waals surface area contributed by atoms with Gasteiger partial charge in [-0.25, -0.2) is 4.98 Å². The second kappa shape index (κ2) is 5.34. The highest BCUT2D eigenvalue weighted by molar-refractivity contribution is 6.33. The lowest BCUT2D eigenvalue weighted by Gasteiger charge is -2.05. The van der Waals surface area contributed by atoms with Gasteiger partial charge in [0, 0.05) is 16.5 Å². The molecule has 0 aliphatic carbocycles. The zero-order chi connectivity index (χ0) is 12.3. The fourth-order valence-electron chi connectivity index (χ4n) is 1.79. The van der Waals surface area contributed by atoms with Gasteiger partial charge in [0.05, 0.1) is 11.9 Å². The summed E-state index contributed by atoms with van der Waals surface area (Å²) in [6.45, 7) is 2.78. The third kappa shape index (κ3) is 2.68. The van der Waals surface area contributed by atoms with E-state index in [0.29, 0.717) is 12.5 Å². The molecule has 2 aromatic rings. The van der Waals surface area contributed by atoms with Crippen molar-refractivity contribution in [1.82, 2.24) is 9.97 Å². The van der Waals surface area contributed by atoms with Crippen LogP contribution in [-0.4, -0.2) is 16.5 Å². The standard InChI is InChI=1S/C13H16ClN3/c1-9(6-7-15)13-16-8-12(17-13)10-4-2-3-5-11(10)14/h2-5,8-9H,6-7,15H2,1H3,(H,16,17). The van der Waals surface area contributed by atoms with Crippen molar-refractivity contribution in [1.29, 1.82) is 0 Å². The topological polar surface area (TPSA) is 54.7 Å². The number of imidazole rings is 1. The number of halogens is 1. The molecule has 0 spiro atoms. The molecule has 90 valence electrons. The normalized spacial score (nSPS) is 12.6. The van der Waals surface area contributed by atoms with Crippen LogP contribution in [0.3, 0.4) is 0 Å². The molecule has 1 atom stereocenters. The summed E-state index contributed by atoms with van der Waals surface area (Å²) in [6, 6.07) is 7.74. The monoisotopic (exact) mass is 249 g/mol. The maximum absolute atomic E-state index is 6.14. The molecular formula is C13H16ClN3. The van der Waals surface area contributed by atoms with Crippen LogP contribution in [0.1, 0.15) is 25.1 Å². The van der Waals surface area contributed by atoms with Crippen LogP contribution in [0.15, 0.2) is 30.5 Å². The maximum Gasteiger partial charge on any atom is 0.109 e. The molecule has 0 radical (unpaired) electrons. The van der Waals surface area contributed by atoms with E-state index in [1.54, 1.807) is 0 Å². The van der Waals surface area contributed by atoms with Crippen molar-refractivity contribution < 1.29 is 0 Å². The molecule has 0 amide bonds. The number of hydrogen-bond donors (Lipinski definition) is 2. The van der Waals surface area contributed by atoms with Crippen LogP contribution in [0.25, 0.3) is 11.3 Å². The predicted octanol–water partition coefficient (Wildman–Crippen LogP) is 3.18. The molecule has 3 N–H and O–H groups in total. The van der Waals surface area contributed by atoms with Crippen molar-refractivity contribution in [2.24, 2.45) is 5.73 Å². The molecule has 3 nitrogen and oxygen atoms in total. The number of H-pyrrole nitrogens is 1. The highest BCUT2D eigenvalue weighted by atomic mass is 35.5. The Kier molecular flexibility index (Phi) is 3.82. The van der Waals surface area contributed by atoms with E-state index in [4.69, 9.17) is 17.3 Å². The van der Waals surface area contributed by atoms with Crippen molar-refractivity contribution in [3.63, 3.8) is 0 Å². The van der Waals surface area contributed by atoms with Gasteiger partial charge in [-0.2, -0.15) is 0 Å². The third-order valence-corrected chi connectivity index (χ3v) is 3.16. The number of nitrogens with one attached hydrogen (secondary N) is 1. The van der Waals surface area contributed by atoms with Gasteiger partial charge in [-0.15, -0.1) is 0 Å². The lowest BCUT2D eigenvalue weighted by Crippen LogP contribution is -2.05. The Labute approximate surface area is 106 Å². The van der Waals surface area contributed by atoms with Crippen LogP contribution in [0.2, 0.25) is 5.02 Å². The second-order valence-corrected chi connectivity index (χ2v) is 4.55. The molecule has 0 aliphatic rings. The third-order valence-electron chi connectivity index (χ3n) is 2.83. The van der Waals surface area contributed by atoms with Gasteiger partial charge in [-0.05, 0) is 19.0 Å². The number of nitrogens with zero attached hydrogens (tertiary/aromatic N) is 1. The average Bonchev–Trinajstić information content (AvgIpc) is 2.79. The van der Waals surface area contributed by atoms with E-state index in [1.807, 2.05) is 30.5 Å². The maximum atomic E-state index is 6.14. The summed E-state index contributed by atoms with van der Waals surface area (Å²) in [7, 11) is 0. The Balaban J connectivity index is 2.27. The lowest BCUT2D eigenvalue weighted by molar-refractivity contribution is 0.655. The number of hydrogen-bond acceptors (Lipinski definition) is 2. The smallest absolute Gasteiger partial charge is 0.109 e. The molecule has 1 heterocycles. The average molecular weight is 250 g/mol. The second-order valence-electron chi connectivity index (χ2n) is 4.14. The summed E-state index contributed by atoms with van der Waals surface area (Å²) in [6.07, 6.45) is 2.75. The molecule has 0 aliphatic heterocycles. The summed E-state index contributed by atoms with van der Waals surface area (Å²) in [5.41, 5.74) is 7.48. The Morgan fingerprint density at radius 3 is 2.88 bits per heavy atom. The fourth-order valence-corrected chi connectivity index (χ4v) is 2.03. The van der Waals surface area contributed by atoms with Crippen molar-refractivity contribution >= 4 is 11.6 Å². The van der Waals surface area contributed by atoms with Gasteiger partial charge < -0.3 is 10.7 Å². The highest BCUT2D eigenvalue weighted by Gasteiger charge is 2.11. The Bertz CT molecular complexity index is 493. The minimum Gasteiger partial charge on any atom is -0.342 e. The van der Waals surface area contributed by atoms with Gasteiger partial charge in [0.25, 0.3) is 0 Å². The molecule has 0 bridgehead atoms. The first kappa shape index (κ1) is 12.1. The molecule has 2 rings (SSSR count). The molecule has 0 saturated heterocycles. The van der Waals surface area contributed by atoms with Gasteiger partial charge in [0.2, 0.25) is 0 Å². The molecule has 1 aromatic heterocycles. The zero-order valence-corrected chi connectivity index (χ0v) is 10.5. The summed E-state index contributed by atoms with van der Waals surface area (Å²) < 4.78 is 0. The zero-order valence-electron chi connectivity index (χ0n) is 9.78. The number of aromatic amines is 1. The van der Waals surface area contributed by atoms with Gasteiger partial charge >= 0.3 is 0 Å². The van der Waals surface area contributed by atoms with Gasteiger partial charge in [-0.1, -0.05) is 36.7 Å². The Morgan fingerprint density at radius 1 is 1.41 bits per heavy atom. The van der Waals surface area contributed by atoms with Crippen LogP contribution in [-0.2, 0) is 0 Å². The van der Waals surface area contributed by atoms with Crippen molar-refractivity contribution in [2.45, 2.75) is 19.3 Å². The van der Waals surface area contributed by atoms with Crippen molar-refractivity contribution in [2.75, 3.05) is 6.54 Å². The molecule has 0 saturated carbocycles. The lowest BCUT2D eigenvalue weighted by atomic mass is 10.1.